The Bertz CT molecular complexity index is 504. The zero-order chi connectivity index (χ0) is 14.3. The van der Waals surface area contributed by atoms with Crippen LogP contribution in [-0.4, -0.2) is 44.0 Å². The van der Waals surface area contributed by atoms with Crippen LogP contribution >= 0.6 is 0 Å². The first kappa shape index (κ1) is 14.6. The number of amides is 2. The van der Waals surface area contributed by atoms with Crippen molar-refractivity contribution < 1.29 is 14.3 Å². The molecular weight excluding hydrogens is 244 g/mol. The van der Waals surface area contributed by atoms with Gasteiger partial charge in [-0.2, -0.15) is 0 Å². The lowest BCUT2D eigenvalue weighted by Gasteiger charge is -2.13. The van der Waals surface area contributed by atoms with Gasteiger partial charge in [0.1, 0.15) is 5.75 Å². The van der Waals surface area contributed by atoms with Crippen molar-refractivity contribution in [3.63, 3.8) is 0 Å². The summed E-state index contributed by atoms with van der Waals surface area (Å²) in [4.78, 5) is 24.7. The van der Waals surface area contributed by atoms with Gasteiger partial charge in [-0.25, -0.2) is 0 Å². The number of terminal acetylenes is 1. The number of benzene rings is 1. The Kier molecular flexibility index (Phi) is 5.42. The molecular formula is C14H16N2O3. The number of carbonyl (C=O) groups excluding carboxylic acids is 2. The molecule has 0 saturated carbocycles. The Morgan fingerprint density at radius 3 is 2.68 bits per heavy atom. The minimum atomic E-state index is -0.328. The molecule has 0 fully saturated rings. The fourth-order valence-electron chi connectivity index (χ4n) is 1.28. The molecule has 2 amide bonds. The molecule has 0 aliphatic heterocycles. The van der Waals surface area contributed by atoms with Crippen LogP contribution in [0.15, 0.2) is 24.3 Å². The maximum Gasteiger partial charge on any atom is 0.259 e. The summed E-state index contributed by atoms with van der Waals surface area (Å²) in [6, 6.07) is 6.69. The summed E-state index contributed by atoms with van der Waals surface area (Å²) in [6.45, 7) is 0.0240. The van der Waals surface area contributed by atoms with Gasteiger partial charge in [-0.1, -0.05) is 18.1 Å². The third kappa shape index (κ3) is 4.36. The molecule has 0 aliphatic carbocycles. The number of ether oxygens (including phenoxy) is 1. The smallest absolute Gasteiger partial charge is 0.259 e. The van der Waals surface area contributed by atoms with Crippen molar-refractivity contribution in [1.82, 2.24) is 10.2 Å². The van der Waals surface area contributed by atoms with Gasteiger partial charge in [0.05, 0.1) is 12.1 Å². The van der Waals surface area contributed by atoms with Gasteiger partial charge in [0.2, 0.25) is 0 Å². The minimum Gasteiger partial charge on any atom is -0.483 e. The molecule has 0 aromatic heterocycles. The largest absolute Gasteiger partial charge is 0.483 e. The summed E-state index contributed by atoms with van der Waals surface area (Å²) in [5.74, 6) is 2.16. The zero-order valence-corrected chi connectivity index (χ0v) is 11.0. The molecule has 0 unspecified atom stereocenters. The molecule has 100 valence electrons. The summed E-state index contributed by atoms with van der Waals surface area (Å²) < 4.78 is 5.36. The maximum atomic E-state index is 11.8. The molecule has 0 atom stereocenters. The lowest BCUT2D eigenvalue weighted by atomic mass is 10.2. The summed E-state index contributed by atoms with van der Waals surface area (Å²) >= 11 is 0. The van der Waals surface area contributed by atoms with Crippen LogP contribution in [0.25, 0.3) is 0 Å². The van der Waals surface area contributed by atoms with Gasteiger partial charge in [0, 0.05) is 14.1 Å². The quantitative estimate of drug-likeness (QED) is 0.785. The third-order valence-corrected chi connectivity index (χ3v) is 2.33. The molecule has 5 nitrogen and oxygen atoms in total. The molecule has 0 saturated heterocycles. The lowest BCUT2D eigenvalue weighted by Crippen LogP contribution is -2.28. The number of para-hydroxylation sites is 1. The van der Waals surface area contributed by atoms with E-state index in [9.17, 15) is 9.59 Å². The van der Waals surface area contributed by atoms with E-state index in [1.54, 1.807) is 38.4 Å². The Balaban J connectivity index is 2.76. The standard InChI is InChI=1S/C14H16N2O3/c1-4-9-15-14(18)11-7-5-6-8-12(11)19-10-13(17)16(2)3/h1,5-8H,9-10H2,2-3H3,(H,15,18). The number of nitrogens with zero attached hydrogens (tertiary/aromatic N) is 1. The van der Waals surface area contributed by atoms with Crippen LogP contribution < -0.4 is 10.1 Å². The van der Waals surface area contributed by atoms with Gasteiger partial charge in [-0.3, -0.25) is 9.59 Å². The number of hydrogen-bond donors (Lipinski definition) is 1. The number of carbonyl (C=O) groups is 2. The molecule has 1 rings (SSSR count). The van der Waals surface area contributed by atoms with Crippen LogP contribution in [0.5, 0.6) is 5.75 Å². The van der Waals surface area contributed by atoms with Gasteiger partial charge in [0.25, 0.3) is 11.8 Å². The molecule has 5 heteroatoms. The van der Waals surface area contributed by atoms with Gasteiger partial charge in [0.15, 0.2) is 6.61 Å². The van der Waals surface area contributed by atoms with E-state index in [0.717, 1.165) is 0 Å². The molecule has 0 aliphatic rings. The fourth-order valence-corrected chi connectivity index (χ4v) is 1.28. The van der Waals surface area contributed by atoms with Crippen molar-refractivity contribution in [2.45, 2.75) is 0 Å². The highest BCUT2D eigenvalue weighted by molar-refractivity contribution is 5.97. The molecule has 0 radical (unpaired) electrons. The summed E-state index contributed by atoms with van der Waals surface area (Å²) in [5, 5.41) is 2.55. The van der Waals surface area contributed by atoms with Crippen molar-refractivity contribution in [3.8, 4) is 18.1 Å². The van der Waals surface area contributed by atoms with Crippen molar-refractivity contribution in [2.24, 2.45) is 0 Å². The first-order valence-corrected chi connectivity index (χ1v) is 5.70. The highest BCUT2D eigenvalue weighted by Crippen LogP contribution is 2.17. The highest BCUT2D eigenvalue weighted by atomic mass is 16.5. The zero-order valence-electron chi connectivity index (χ0n) is 11.0. The third-order valence-electron chi connectivity index (χ3n) is 2.33. The minimum absolute atomic E-state index is 0.119. The molecule has 1 aromatic rings. The first-order valence-electron chi connectivity index (χ1n) is 5.70. The number of hydrogen-bond acceptors (Lipinski definition) is 3. The van der Waals surface area contributed by atoms with E-state index in [0.29, 0.717) is 11.3 Å². The number of likely N-dealkylation sites (N-methyl/N-ethyl adjacent to an activating group) is 1. The molecule has 0 spiro atoms. The Labute approximate surface area is 112 Å². The second-order valence-corrected chi connectivity index (χ2v) is 3.96. The van der Waals surface area contributed by atoms with E-state index >= 15 is 0 Å². The molecule has 19 heavy (non-hydrogen) atoms. The average molecular weight is 260 g/mol. The van der Waals surface area contributed by atoms with Crippen molar-refractivity contribution in [3.05, 3.63) is 29.8 Å². The van der Waals surface area contributed by atoms with E-state index in [1.807, 2.05) is 0 Å². The predicted molar refractivity (Wildman–Crippen MR) is 71.8 cm³/mol. The van der Waals surface area contributed by atoms with Crippen LogP contribution in [0.1, 0.15) is 10.4 Å². The summed E-state index contributed by atoms with van der Waals surface area (Å²) in [7, 11) is 3.27. The van der Waals surface area contributed by atoms with E-state index < -0.39 is 0 Å². The van der Waals surface area contributed by atoms with Crippen molar-refractivity contribution in [2.75, 3.05) is 27.2 Å². The van der Waals surface area contributed by atoms with E-state index in [2.05, 4.69) is 11.2 Å². The number of nitrogens with one attached hydrogen (secondary N) is 1. The second kappa shape index (κ2) is 7.07. The van der Waals surface area contributed by atoms with Crippen molar-refractivity contribution >= 4 is 11.8 Å². The van der Waals surface area contributed by atoms with E-state index in [1.165, 1.54) is 4.90 Å². The van der Waals surface area contributed by atoms with Gasteiger partial charge < -0.3 is 15.0 Å². The SMILES string of the molecule is C#CCNC(=O)c1ccccc1OCC(=O)N(C)C. The van der Waals surface area contributed by atoms with Crippen LogP contribution in [0.2, 0.25) is 0 Å². The fraction of sp³-hybridized carbons (Fsp3) is 0.286. The maximum absolute atomic E-state index is 11.8. The molecule has 1 N–H and O–H groups in total. The monoisotopic (exact) mass is 260 g/mol. The average Bonchev–Trinajstić information content (AvgIpc) is 2.42. The predicted octanol–water partition coefficient (Wildman–Crippen LogP) is 0.517. The molecule has 0 heterocycles. The van der Waals surface area contributed by atoms with Gasteiger partial charge in [-0.15, -0.1) is 6.42 Å². The van der Waals surface area contributed by atoms with Gasteiger partial charge in [-0.05, 0) is 12.1 Å². The number of rotatable bonds is 5. The second-order valence-electron chi connectivity index (χ2n) is 3.96. The summed E-state index contributed by atoms with van der Waals surface area (Å²) in [6.07, 6.45) is 5.08. The highest BCUT2D eigenvalue weighted by Gasteiger charge is 2.13. The van der Waals surface area contributed by atoms with E-state index in [-0.39, 0.29) is 25.0 Å². The van der Waals surface area contributed by atoms with E-state index in [4.69, 9.17) is 11.2 Å². The Hall–Kier alpha value is -2.48. The van der Waals surface area contributed by atoms with Crippen molar-refractivity contribution in [1.29, 1.82) is 0 Å². The van der Waals surface area contributed by atoms with Crippen LogP contribution in [-0.2, 0) is 4.79 Å². The molecule has 1 aromatic carbocycles. The molecule has 0 bridgehead atoms. The normalized spacial score (nSPS) is 9.32. The topological polar surface area (TPSA) is 58.6 Å². The Morgan fingerprint density at radius 1 is 1.37 bits per heavy atom. The summed E-state index contributed by atoms with van der Waals surface area (Å²) in [5.41, 5.74) is 0.351. The van der Waals surface area contributed by atoms with Crippen LogP contribution in [0.4, 0.5) is 0 Å². The van der Waals surface area contributed by atoms with Crippen LogP contribution in [0.3, 0.4) is 0 Å². The van der Waals surface area contributed by atoms with Crippen LogP contribution in [0, 0.1) is 12.3 Å². The first-order chi connectivity index (χ1) is 9.06. The Morgan fingerprint density at radius 2 is 2.05 bits per heavy atom. The van der Waals surface area contributed by atoms with Gasteiger partial charge >= 0.3 is 0 Å². The lowest BCUT2D eigenvalue weighted by molar-refractivity contribution is -0.130.